The molecule has 1 fully saturated rings. The molecular formula is C20H19N9O5S2. The first-order chi connectivity index (χ1) is 17.2. The van der Waals surface area contributed by atoms with Crippen molar-refractivity contribution in [1.82, 2.24) is 24.8 Å². The average Bonchev–Trinajstić information content (AvgIpc) is 3.46. The number of aryl methyl sites for hydroxylation is 1. The van der Waals surface area contributed by atoms with Gasteiger partial charge in [-0.15, -0.1) is 11.3 Å². The molecule has 0 aliphatic carbocycles. The molecule has 5 heterocycles. The number of nitrogens with two attached hydrogens (primary N) is 2. The molecule has 3 aromatic heterocycles. The number of carboxylic acids is 1. The van der Waals surface area contributed by atoms with E-state index in [0.29, 0.717) is 23.4 Å². The summed E-state index contributed by atoms with van der Waals surface area (Å²) in [6, 6.07) is 3.35. The molecule has 1 unspecified atom stereocenters. The fourth-order valence-corrected chi connectivity index (χ4v) is 6.77. The van der Waals surface area contributed by atoms with Crippen LogP contribution in [0, 0.1) is 6.92 Å². The Balaban J connectivity index is 1.80. The number of carboxylic acid groups (broad SMARTS) is 1. The van der Waals surface area contributed by atoms with Crippen molar-refractivity contribution in [3.63, 3.8) is 0 Å². The van der Waals surface area contributed by atoms with Gasteiger partial charge in [0.2, 0.25) is 11.7 Å². The molecule has 0 aromatic carbocycles. The molecule has 2 aliphatic heterocycles. The maximum absolute atomic E-state index is 12.7. The highest BCUT2D eigenvalue weighted by Gasteiger charge is 2.56. The third-order valence-electron chi connectivity index (χ3n) is 5.96. The number of hydrogen-bond donors (Lipinski definition) is 4. The second-order valence-corrected chi connectivity index (χ2v) is 10.3. The van der Waals surface area contributed by atoms with Gasteiger partial charge in [-0.2, -0.15) is 0 Å². The van der Waals surface area contributed by atoms with Gasteiger partial charge in [0.15, 0.2) is 10.0 Å². The molecule has 6 N–H and O–H groups in total. The van der Waals surface area contributed by atoms with Crippen molar-refractivity contribution in [3.05, 3.63) is 46.4 Å². The fraction of sp³-hybridized carbons (Fsp3) is 0.250. The van der Waals surface area contributed by atoms with Crippen LogP contribution in [0.3, 0.4) is 0 Å². The highest BCUT2D eigenvalue weighted by Crippen LogP contribution is 2.54. The van der Waals surface area contributed by atoms with Crippen LogP contribution >= 0.6 is 23.1 Å². The van der Waals surface area contributed by atoms with Crippen molar-refractivity contribution in [1.29, 1.82) is 0 Å². The number of fused-ring (bicyclic) bond motifs is 2. The van der Waals surface area contributed by atoms with Gasteiger partial charge in [-0.1, -0.05) is 26.5 Å². The van der Waals surface area contributed by atoms with Crippen LogP contribution in [0.4, 0.5) is 10.9 Å². The molecular weight excluding hydrogens is 510 g/mol. The van der Waals surface area contributed by atoms with E-state index in [1.165, 1.54) is 10.7 Å². The summed E-state index contributed by atoms with van der Waals surface area (Å²) in [4.78, 5) is 41.7. The first-order valence-electron chi connectivity index (χ1n) is 10.4. The molecule has 186 valence electrons. The first-order valence-corrected chi connectivity index (χ1v) is 12.2. The molecule has 2 amide bonds. The van der Waals surface area contributed by atoms with Crippen molar-refractivity contribution < 1.29 is 29.3 Å². The number of aromatic nitrogens is 4. The number of nitrogen functional groups attached to an aromatic ring is 2. The summed E-state index contributed by atoms with van der Waals surface area (Å²) in [6.45, 7) is 1.65. The monoisotopic (exact) mass is 529 g/mol. The molecule has 3 aromatic rings. The van der Waals surface area contributed by atoms with E-state index in [1.54, 1.807) is 29.0 Å². The quantitative estimate of drug-likeness (QED) is 0.0934. The molecule has 2 atom stereocenters. The van der Waals surface area contributed by atoms with Crippen LogP contribution in [0.5, 0.6) is 0 Å². The van der Waals surface area contributed by atoms with E-state index in [2.05, 4.69) is 20.6 Å². The van der Waals surface area contributed by atoms with E-state index in [-0.39, 0.29) is 35.1 Å². The molecule has 0 saturated carbocycles. The summed E-state index contributed by atoms with van der Waals surface area (Å²) >= 11 is 2.23. The highest BCUT2D eigenvalue weighted by molar-refractivity contribution is 8.01. The Bertz CT molecular complexity index is 1500. The lowest BCUT2D eigenvalue weighted by atomic mass is 9.96. The second kappa shape index (κ2) is 8.49. The number of anilines is 2. The zero-order valence-corrected chi connectivity index (χ0v) is 20.2. The summed E-state index contributed by atoms with van der Waals surface area (Å²) in [6.07, 6.45) is 2.22. The SMILES string of the molecule is Cc1cc(N)n2nccc2[n+]1CC1=C(C(=O)[O-])N2C(=O)C[C@@H]2SC1(NC(=O)C=NO)c1csc(N)n1. The fourth-order valence-electron chi connectivity index (χ4n) is 4.43. The van der Waals surface area contributed by atoms with Gasteiger partial charge in [-0.05, 0) is 6.92 Å². The number of rotatable bonds is 6. The molecule has 5 rings (SSSR count). The number of oxime groups is 1. The maximum Gasteiger partial charge on any atom is 0.310 e. The van der Waals surface area contributed by atoms with Crippen LogP contribution in [0.1, 0.15) is 17.8 Å². The number of amides is 2. The Morgan fingerprint density at radius 3 is 2.89 bits per heavy atom. The number of thiazole rings is 1. The standard InChI is InChI=1S/C20H19N9O5S2/c1-9-4-12(21)29-14(2-3-23-29)27(9)7-10-17(18(32)33)28-15(31)5-16(28)36-20(10,26-13(30)6-24-34)11-8-35-19(22)25-11/h2-4,6,8,16,21H,5,7H2,1H3,(H5,22,25,26,30,32,33,34)/t16-,20?/m0/s1. The Hall–Kier alpha value is -4.18. The van der Waals surface area contributed by atoms with E-state index < -0.39 is 28.0 Å². The molecule has 0 bridgehead atoms. The summed E-state index contributed by atoms with van der Waals surface area (Å²) in [7, 11) is 0. The Morgan fingerprint density at radius 1 is 1.47 bits per heavy atom. The van der Waals surface area contributed by atoms with E-state index in [9.17, 15) is 19.5 Å². The Labute approximate surface area is 210 Å². The third kappa shape index (κ3) is 3.53. The smallest absolute Gasteiger partial charge is 0.310 e. The maximum atomic E-state index is 12.7. The predicted molar refractivity (Wildman–Crippen MR) is 126 cm³/mol. The minimum atomic E-state index is -1.60. The Kier molecular flexibility index (Phi) is 5.55. The summed E-state index contributed by atoms with van der Waals surface area (Å²) in [5.74, 6) is -2.45. The van der Waals surface area contributed by atoms with E-state index in [4.69, 9.17) is 16.7 Å². The lowest BCUT2D eigenvalue weighted by Gasteiger charge is -2.52. The van der Waals surface area contributed by atoms with E-state index in [1.807, 2.05) is 0 Å². The number of nitrogens with one attached hydrogen (secondary N) is 1. The van der Waals surface area contributed by atoms with Gasteiger partial charge in [0.05, 0.1) is 41.4 Å². The van der Waals surface area contributed by atoms with Gasteiger partial charge in [-0.3, -0.25) is 14.5 Å². The molecule has 1 saturated heterocycles. The lowest BCUT2D eigenvalue weighted by Crippen LogP contribution is -2.63. The predicted octanol–water partition coefficient (Wildman–Crippen LogP) is -1.71. The lowest BCUT2D eigenvalue weighted by molar-refractivity contribution is -0.673. The number of carbonyl (C=O) groups is 3. The molecule has 0 radical (unpaired) electrons. The highest BCUT2D eigenvalue weighted by atomic mass is 32.2. The zero-order chi connectivity index (χ0) is 25.8. The van der Waals surface area contributed by atoms with E-state index in [0.717, 1.165) is 28.0 Å². The number of β-lactam (4-membered cyclic amide) rings is 1. The van der Waals surface area contributed by atoms with E-state index >= 15 is 0 Å². The van der Waals surface area contributed by atoms with Crippen molar-refractivity contribution in [3.8, 4) is 0 Å². The third-order valence-corrected chi connectivity index (χ3v) is 8.20. The molecule has 0 spiro atoms. The summed E-state index contributed by atoms with van der Waals surface area (Å²) in [5.41, 5.74) is 13.2. The summed E-state index contributed by atoms with van der Waals surface area (Å²) in [5, 5.41) is 32.4. The van der Waals surface area contributed by atoms with Crippen LogP contribution in [0.2, 0.25) is 0 Å². The number of carbonyl (C=O) groups excluding carboxylic acids is 3. The van der Waals surface area contributed by atoms with Crippen LogP contribution in [0.15, 0.2) is 40.1 Å². The number of thioether (sulfide) groups is 1. The molecule has 16 heteroatoms. The van der Waals surface area contributed by atoms with Crippen LogP contribution in [0.25, 0.3) is 5.65 Å². The second-order valence-electron chi connectivity index (χ2n) is 8.04. The van der Waals surface area contributed by atoms with Gasteiger partial charge >= 0.3 is 5.65 Å². The average molecular weight is 530 g/mol. The normalized spacial score (nSPS) is 21.6. The Morgan fingerprint density at radius 2 is 2.25 bits per heavy atom. The minimum absolute atomic E-state index is 0.0426. The van der Waals surface area contributed by atoms with Gasteiger partial charge in [0.1, 0.15) is 18.5 Å². The van der Waals surface area contributed by atoms with Crippen LogP contribution in [-0.2, 0) is 25.8 Å². The van der Waals surface area contributed by atoms with Crippen LogP contribution in [-0.4, -0.2) is 54.1 Å². The van der Waals surface area contributed by atoms with Crippen molar-refractivity contribution in [2.75, 3.05) is 11.5 Å². The minimum Gasteiger partial charge on any atom is -0.543 e. The number of nitrogens with zero attached hydrogens (tertiary/aromatic N) is 6. The van der Waals surface area contributed by atoms with Gasteiger partial charge in [0, 0.05) is 17.0 Å². The van der Waals surface area contributed by atoms with Crippen LogP contribution < -0.4 is 26.5 Å². The molecule has 14 nitrogen and oxygen atoms in total. The topological polar surface area (TPSA) is 208 Å². The summed E-state index contributed by atoms with van der Waals surface area (Å²) < 4.78 is 3.21. The van der Waals surface area contributed by atoms with Crippen molar-refractivity contribution in [2.24, 2.45) is 5.16 Å². The van der Waals surface area contributed by atoms with Gasteiger partial charge < -0.3 is 31.9 Å². The number of hydrogen-bond acceptors (Lipinski definition) is 12. The van der Waals surface area contributed by atoms with Crippen molar-refractivity contribution >= 4 is 63.7 Å². The van der Waals surface area contributed by atoms with Crippen molar-refractivity contribution in [2.45, 2.75) is 30.1 Å². The molecule has 36 heavy (non-hydrogen) atoms. The van der Waals surface area contributed by atoms with Gasteiger partial charge in [-0.25, -0.2) is 9.55 Å². The largest absolute Gasteiger partial charge is 0.543 e. The first kappa shape index (κ1) is 23.6. The molecule has 2 aliphatic rings. The zero-order valence-electron chi connectivity index (χ0n) is 18.6. The van der Waals surface area contributed by atoms with Gasteiger partial charge in [0.25, 0.3) is 5.91 Å². The number of aliphatic carboxylic acids is 1.